The Hall–Kier alpha value is -0.410. The van der Waals surface area contributed by atoms with E-state index in [1.54, 1.807) is 11.3 Å². The van der Waals surface area contributed by atoms with E-state index in [9.17, 15) is 0 Å². The van der Waals surface area contributed by atoms with Crippen LogP contribution < -0.4 is 4.57 Å². The average Bonchev–Trinajstić information content (AvgIpc) is 2.64. The molecule has 1 fully saturated rings. The molecule has 90 valence electrons. The molecule has 0 aromatic carbocycles. The number of thiazole rings is 1. The molecule has 2 rings (SSSR count). The van der Waals surface area contributed by atoms with Gasteiger partial charge in [0.15, 0.2) is 12.2 Å². The Bertz CT molecular complexity index is 329. The molecule has 16 heavy (non-hydrogen) atoms. The van der Waals surface area contributed by atoms with Crippen molar-refractivity contribution in [1.29, 1.82) is 0 Å². The van der Waals surface area contributed by atoms with Gasteiger partial charge >= 0.3 is 0 Å². The molecule has 0 amide bonds. The van der Waals surface area contributed by atoms with Crippen molar-refractivity contribution in [3.05, 3.63) is 16.1 Å². The molecular formula is C13H22NOS+. The quantitative estimate of drug-likeness (QED) is 0.803. The number of aliphatic hydroxyl groups is 1. The van der Waals surface area contributed by atoms with Gasteiger partial charge in [0.1, 0.15) is 0 Å². The Morgan fingerprint density at radius 2 is 2.12 bits per heavy atom. The maximum Gasteiger partial charge on any atom is 0.225 e. The lowest BCUT2D eigenvalue weighted by Crippen LogP contribution is -2.38. The largest absolute Gasteiger partial charge is 0.396 e. The van der Waals surface area contributed by atoms with E-state index < -0.39 is 0 Å². The molecule has 0 saturated heterocycles. The van der Waals surface area contributed by atoms with Crippen LogP contribution in [-0.4, -0.2) is 11.7 Å². The van der Waals surface area contributed by atoms with Crippen LogP contribution in [0.4, 0.5) is 0 Å². The van der Waals surface area contributed by atoms with Gasteiger partial charge in [-0.05, 0) is 12.8 Å². The Kier molecular flexibility index (Phi) is 4.36. The Morgan fingerprint density at radius 1 is 1.38 bits per heavy atom. The number of hydrogen-bond donors (Lipinski definition) is 1. The minimum Gasteiger partial charge on any atom is -0.396 e. The second kappa shape index (κ2) is 5.78. The summed E-state index contributed by atoms with van der Waals surface area (Å²) >= 11 is 1.79. The van der Waals surface area contributed by atoms with Crippen LogP contribution in [0.2, 0.25) is 0 Å². The second-order valence-corrected chi connectivity index (χ2v) is 5.80. The Labute approximate surface area is 102 Å². The van der Waals surface area contributed by atoms with E-state index in [0.717, 1.165) is 12.3 Å². The molecule has 1 aliphatic carbocycles. The predicted molar refractivity (Wildman–Crippen MR) is 66.6 cm³/mol. The van der Waals surface area contributed by atoms with Crippen LogP contribution in [0.3, 0.4) is 0 Å². The highest BCUT2D eigenvalue weighted by Crippen LogP contribution is 2.24. The molecule has 1 aromatic heterocycles. The van der Waals surface area contributed by atoms with Gasteiger partial charge < -0.3 is 5.11 Å². The van der Waals surface area contributed by atoms with E-state index >= 15 is 0 Å². The number of rotatable bonds is 4. The van der Waals surface area contributed by atoms with Gasteiger partial charge in [0, 0.05) is 25.9 Å². The molecule has 3 heteroatoms. The monoisotopic (exact) mass is 240 g/mol. The van der Waals surface area contributed by atoms with Crippen LogP contribution in [0, 0.1) is 12.8 Å². The molecule has 1 N–H and O–H groups in total. The van der Waals surface area contributed by atoms with Crippen molar-refractivity contribution in [2.75, 3.05) is 6.61 Å². The van der Waals surface area contributed by atoms with Gasteiger partial charge in [0.25, 0.3) is 0 Å². The van der Waals surface area contributed by atoms with E-state index in [4.69, 9.17) is 5.11 Å². The fraction of sp³-hybridized carbons (Fsp3) is 0.769. The molecule has 0 aliphatic heterocycles. The van der Waals surface area contributed by atoms with E-state index in [1.807, 2.05) is 0 Å². The first kappa shape index (κ1) is 12.1. The molecule has 0 unspecified atom stereocenters. The number of hydrogen-bond acceptors (Lipinski definition) is 2. The molecule has 0 bridgehead atoms. The van der Waals surface area contributed by atoms with Gasteiger partial charge in [-0.1, -0.05) is 30.6 Å². The molecular weight excluding hydrogens is 218 g/mol. The van der Waals surface area contributed by atoms with Crippen molar-refractivity contribution in [3.63, 3.8) is 0 Å². The number of aromatic nitrogens is 1. The molecule has 1 heterocycles. The topological polar surface area (TPSA) is 24.1 Å². The van der Waals surface area contributed by atoms with Gasteiger partial charge in [0.05, 0.1) is 4.88 Å². The fourth-order valence-electron chi connectivity index (χ4n) is 2.62. The summed E-state index contributed by atoms with van der Waals surface area (Å²) in [5.74, 6) is 0.883. The first-order chi connectivity index (χ1) is 7.81. The van der Waals surface area contributed by atoms with E-state index in [-0.39, 0.29) is 6.61 Å². The Morgan fingerprint density at radius 3 is 2.81 bits per heavy atom. The van der Waals surface area contributed by atoms with Crippen LogP contribution in [0.5, 0.6) is 0 Å². The van der Waals surface area contributed by atoms with Gasteiger partial charge in [0.2, 0.25) is 5.51 Å². The van der Waals surface area contributed by atoms with Crippen LogP contribution in [0.15, 0.2) is 5.51 Å². The van der Waals surface area contributed by atoms with Gasteiger partial charge in [-0.25, -0.2) is 0 Å². The van der Waals surface area contributed by atoms with Crippen LogP contribution in [-0.2, 0) is 13.0 Å². The molecule has 0 atom stereocenters. The van der Waals surface area contributed by atoms with Gasteiger partial charge in [-0.3, -0.25) is 0 Å². The normalized spacial score (nSPS) is 17.9. The molecule has 0 spiro atoms. The number of nitrogens with zero attached hydrogens (tertiary/aromatic N) is 1. The predicted octanol–water partition coefficient (Wildman–Crippen LogP) is 2.46. The lowest BCUT2D eigenvalue weighted by Gasteiger charge is -2.18. The standard InChI is InChI=1S/C13H22NOS/c1-11-13(7-8-15)16-10-14(11)9-12-5-3-2-4-6-12/h10,12,15H,2-9H2,1H3/q+1. The number of aliphatic hydroxyl groups excluding tert-OH is 1. The van der Waals surface area contributed by atoms with Gasteiger partial charge in [-0.2, -0.15) is 4.57 Å². The highest BCUT2D eigenvalue weighted by molar-refractivity contribution is 7.09. The lowest BCUT2D eigenvalue weighted by atomic mass is 9.89. The first-order valence-corrected chi connectivity index (χ1v) is 7.26. The lowest BCUT2D eigenvalue weighted by molar-refractivity contribution is -0.705. The van der Waals surface area contributed by atoms with Crippen molar-refractivity contribution in [1.82, 2.24) is 0 Å². The summed E-state index contributed by atoms with van der Waals surface area (Å²) in [5.41, 5.74) is 3.60. The Balaban J connectivity index is 1.97. The zero-order valence-corrected chi connectivity index (χ0v) is 10.9. The minimum atomic E-state index is 0.269. The van der Waals surface area contributed by atoms with Crippen LogP contribution in [0.1, 0.15) is 42.7 Å². The van der Waals surface area contributed by atoms with Crippen molar-refractivity contribution >= 4 is 11.3 Å². The zero-order valence-electron chi connectivity index (χ0n) is 10.1. The van der Waals surface area contributed by atoms with Crippen LogP contribution >= 0.6 is 11.3 Å². The van der Waals surface area contributed by atoms with Crippen molar-refractivity contribution in [2.24, 2.45) is 5.92 Å². The third-order valence-electron chi connectivity index (χ3n) is 3.68. The summed E-state index contributed by atoms with van der Waals surface area (Å²) in [5, 5.41) is 8.97. The molecule has 0 radical (unpaired) electrons. The summed E-state index contributed by atoms with van der Waals surface area (Å²) in [6, 6.07) is 0. The zero-order chi connectivity index (χ0) is 11.4. The smallest absolute Gasteiger partial charge is 0.225 e. The van der Waals surface area contributed by atoms with E-state index in [1.165, 1.54) is 49.2 Å². The SMILES string of the molecule is Cc1c(CCO)sc[n+]1CC1CCCCC1. The van der Waals surface area contributed by atoms with E-state index in [0.29, 0.717) is 0 Å². The molecule has 1 aliphatic rings. The maximum absolute atomic E-state index is 8.97. The molecule has 2 nitrogen and oxygen atoms in total. The summed E-state index contributed by atoms with van der Waals surface area (Å²) < 4.78 is 2.39. The fourth-order valence-corrected chi connectivity index (χ4v) is 3.62. The van der Waals surface area contributed by atoms with Gasteiger partial charge in [-0.15, -0.1) is 0 Å². The minimum absolute atomic E-state index is 0.269. The van der Waals surface area contributed by atoms with Crippen molar-refractivity contribution in [3.8, 4) is 0 Å². The van der Waals surface area contributed by atoms with Crippen molar-refractivity contribution < 1.29 is 9.67 Å². The summed E-state index contributed by atoms with van der Waals surface area (Å²) in [6.07, 6.45) is 7.87. The highest BCUT2D eigenvalue weighted by Gasteiger charge is 2.21. The van der Waals surface area contributed by atoms with E-state index in [2.05, 4.69) is 17.0 Å². The average molecular weight is 240 g/mol. The summed E-state index contributed by atoms with van der Waals surface area (Å²) in [6.45, 7) is 3.64. The van der Waals surface area contributed by atoms with Crippen molar-refractivity contribution in [2.45, 2.75) is 52.0 Å². The van der Waals surface area contributed by atoms with Crippen LogP contribution in [0.25, 0.3) is 0 Å². The third-order valence-corrected chi connectivity index (χ3v) is 4.82. The summed E-state index contributed by atoms with van der Waals surface area (Å²) in [7, 11) is 0. The first-order valence-electron chi connectivity index (χ1n) is 6.38. The summed E-state index contributed by atoms with van der Waals surface area (Å²) in [4.78, 5) is 1.35. The second-order valence-electron chi connectivity index (χ2n) is 4.86. The molecule has 1 saturated carbocycles. The molecule has 1 aromatic rings. The third kappa shape index (κ3) is 2.83. The maximum atomic E-state index is 8.97. The highest BCUT2D eigenvalue weighted by atomic mass is 32.1.